The van der Waals surface area contributed by atoms with Gasteiger partial charge >= 0.3 is 0 Å². The molecule has 9 heteroatoms. The molecule has 162 valence electrons. The van der Waals surface area contributed by atoms with E-state index in [9.17, 15) is 9.18 Å². The smallest absolute Gasteiger partial charge is 0.274 e. The number of nitrogens with one attached hydrogen (secondary N) is 1. The van der Waals surface area contributed by atoms with E-state index < -0.39 is 11.7 Å². The number of fused-ring (bicyclic) bond motifs is 1. The number of oxazole rings is 1. The molecule has 0 bridgehead atoms. The summed E-state index contributed by atoms with van der Waals surface area (Å²) in [5.74, 6) is -0.873. The maximum Gasteiger partial charge on any atom is 0.274 e. The SMILES string of the molecule is Nc1nc(-c2ncco2)c(-c2ccc3ncccc3c2)nc1C(=O)NCc1ccccc1F. The van der Waals surface area contributed by atoms with Crippen LogP contribution in [0.2, 0.25) is 0 Å². The Hall–Kier alpha value is -4.66. The largest absolute Gasteiger partial charge is 0.443 e. The zero-order valence-corrected chi connectivity index (χ0v) is 17.2. The maximum absolute atomic E-state index is 13.9. The number of carbonyl (C=O) groups is 1. The Bertz CT molecular complexity index is 1470. The van der Waals surface area contributed by atoms with Crippen molar-refractivity contribution in [3.05, 3.63) is 90.3 Å². The van der Waals surface area contributed by atoms with Crippen LogP contribution in [0.15, 0.2) is 77.7 Å². The van der Waals surface area contributed by atoms with Gasteiger partial charge < -0.3 is 15.5 Å². The molecule has 8 nitrogen and oxygen atoms in total. The van der Waals surface area contributed by atoms with E-state index in [4.69, 9.17) is 10.2 Å². The fourth-order valence-corrected chi connectivity index (χ4v) is 3.43. The highest BCUT2D eigenvalue weighted by atomic mass is 19.1. The molecule has 2 aromatic carbocycles. The first-order chi connectivity index (χ1) is 16.1. The van der Waals surface area contributed by atoms with Gasteiger partial charge in [-0.05, 0) is 24.3 Å². The Morgan fingerprint density at radius 3 is 2.70 bits per heavy atom. The van der Waals surface area contributed by atoms with E-state index in [1.807, 2.05) is 30.3 Å². The van der Waals surface area contributed by atoms with E-state index in [1.54, 1.807) is 24.4 Å². The third kappa shape index (κ3) is 3.99. The molecule has 5 rings (SSSR count). The molecule has 0 aliphatic carbocycles. The predicted octanol–water partition coefficient (Wildman–Crippen LogP) is 4.00. The van der Waals surface area contributed by atoms with Crippen LogP contribution in [0.3, 0.4) is 0 Å². The normalized spacial score (nSPS) is 10.9. The Morgan fingerprint density at radius 1 is 1.00 bits per heavy atom. The highest BCUT2D eigenvalue weighted by molar-refractivity contribution is 5.98. The van der Waals surface area contributed by atoms with Crippen molar-refractivity contribution in [1.29, 1.82) is 0 Å². The molecule has 0 aliphatic heterocycles. The highest BCUT2D eigenvalue weighted by Gasteiger charge is 2.22. The lowest BCUT2D eigenvalue weighted by Crippen LogP contribution is -2.26. The first-order valence-corrected chi connectivity index (χ1v) is 10.0. The number of nitrogens with zero attached hydrogens (tertiary/aromatic N) is 4. The average Bonchev–Trinajstić information content (AvgIpc) is 3.38. The van der Waals surface area contributed by atoms with Crippen LogP contribution in [0.4, 0.5) is 10.2 Å². The molecule has 3 heterocycles. The van der Waals surface area contributed by atoms with Crippen LogP contribution >= 0.6 is 0 Å². The van der Waals surface area contributed by atoms with Gasteiger partial charge in [-0.1, -0.05) is 30.3 Å². The van der Waals surface area contributed by atoms with Gasteiger partial charge in [0, 0.05) is 29.3 Å². The fraction of sp³-hybridized carbons (Fsp3) is 0.0417. The van der Waals surface area contributed by atoms with Crippen LogP contribution in [0.25, 0.3) is 33.7 Å². The molecule has 3 aromatic heterocycles. The summed E-state index contributed by atoms with van der Waals surface area (Å²) in [6.45, 7) is -0.0227. The molecule has 0 saturated carbocycles. The summed E-state index contributed by atoms with van der Waals surface area (Å²) < 4.78 is 19.3. The van der Waals surface area contributed by atoms with Crippen LogP contribution in [0, 0.1) is 5.82 Å². The number of nitrogen functional groups attached to an aromatic ring is 1. The van der Waals surface area contributed by atoms with Crippen LogP contribution in [-0.4, -0.2) is 25.8 Å². The van der Waals surface area contributed by atoms with Gasteiger partial charge in [-0.15, -0.1) is 0 Å². The van der Waals surface area contributed by atoms with Crippen molar-refractivity contribution < 1.29 is 13.6 Å². The van der Waals surface area contributed by atoms with Gasteiger partial charge in [0.25, 0.3) is 5.91 Å². The number of hydrogen-bond acceptors (Lipinski definition) is 7. The topological polar surface area (TPSA) is 120 Å². The number of halogens is 1. The van der Waals surface area contributed by atoms with Gasteiger partial charge in [0.2, 0.25) is 5.89 Å². The van der Waals surface area contributed by atoms with Crippen molar-refractivity contribution in [2.75, 3.05) is 5.73 Å². The van der Waals surface area contributed by atoms with Crippen molar-refractivity contribution in [2.24, 2.45) is 0 Å². The van der Waals surface area contributed by atoms with Gasteiger partial charge in [-0.25, -0.2) is 19.3 Å². The van der Waals surface area contributed by atoms with Gasteiger partial charge in [0.15, 0.2) is 17.2 Å². The van der Waals surface area contributed by atoms with Gasteiger partial charge in [0.1, 0.15) is 17.8 Å². The standard InChI is InChI=1S/C24H17FN6O2/c25-17-6-2-1-4-16(17)13-29-23(32)21-22(26)31-20(24-28-10-11-33-24)19(30-21)15-7-8-18-14(12-15)5-3-9-27-18/h1-12H,13H2,(H2,26,31)(H,29,32). The highest BCUT2D eigenvalue weighted by Crippen LogP contribution is 2.31. The zero-order valence-electron chi connectivity index (χ0n) is 17.2. The minimum absolute atomic E-state index is 0.0227. The minimum Gasteiger partial charge on any atom is -0.443 e. The number of amides is 1. The number of anilines is 1. The summed E-state index contributed by atoms with van der Waals surface area (Å²) in [5.41, 5.74) is 8.50. The molecule has 5 aromatic rings. The summed E-state index contributed by atoms with van der Waals surface area (Å²) in [4.78, 5) is 30.3. The zero-order chi connectivity index (χ0) is 22.8. The lowest BCUT2D eigenvalue weighted by atomic mass is 10.1. The molecule has 0 unspecified atom stereocenters. The van der Waals surface area contributed by atoms with Crippen LogP contribution in [0.1, 0.15) is 16.1 Å². The molecule has 0 radical (unpaired) electrons. The van der Waals surface area contributed by atoms with Crippen molar-refractivity contribution in [1.82, 2.24) is 25.3 Å². The average molecular weight is 440 g/mol. The molecule has 0 aliphatic rings. The van der Waals surface area contributed by atoms with Crippen molar-refractivity contribution >= 4 is 22.6 Å². The lowest BCUT2D eigenvalue weighted by Gasteiger charge is -2.12. The molecular weight excluding hydrogens is 423 g/mol. The number of nitrogens with two attached hydrogens (primary N) is 1. The van der Waals surface area contributed by atoms with Crippen molar-refractivity contribution in [3.63, 3.8) is 0 Å². The number of aromatic nitrogens is 4. The summed E-state index contributed by atoms with van der Waals surface area (Å²) in [6, 6.07) is 15.5. The molecule has 0 saturated heterocycles. The van der Waals surface area contributed by atoms with E-state index in [0.717, 1.165) is 10.9 Å². The molecule has 1 amide bonds. The number of rotatable bonds is 5. The van der Waals surface area contributed by atoms with Gasteiger partial charge in [-0.2, -0.15) is 0 Å². The van der Waals surface area contributed by atoms with Crippen LogP contribution in [0.5, 0.6) is 0 Å². The van der Waals surface area contributed by atoms with E-state index in [0.29, 0.717) is 22.5 Å². The maximum atomic E-state index is 13.9. The summed E-state index contributed by atoms with van der Waals surface area (Å²) in [7, 11) is 0. The summed E-state index contributed by atoms with van der Waals surface area (Å²) in [6.07, 6.45) is 4.61. The van der Waals surface area contributed by atoms with Crippen LogP contribution in [-0.2, 0) is 6.54 Å². The van der Waals surface area contributed by atoms with Gasteiger partial charge in [0.05, 0.1) is 11.7 Å². The second-order valence-corrected chi connectivity index (χ2v) is 7.18. The van der Waals surface area contributed by atoms with Crippen molar-refractivity contribution in [3.8, 4) is 22.8 Å². The molecule has 0 spiro atoms. The summed E-state index contributed by atoms with van der Waals surface area (Å²) in [5, 5.41) is 3.54. The molecule has 33 heavy (non-hydrogen) atoms. The Kier molecular flexibility index (Phi) is 5.19. The summed E-state index contributed by atoms with van der Waals surface area (Å²) >= 11 is 0. The van der Waals surface area contributed by atoms with Crippen LogP contribution < -0.4 is 11.1 Å². The first kappa shape index (κ1) is 20.3. The Morgan fingerprint density at radius 2 is 1.88 bits per heavy atom. The molecular formula is C24H17FN6O2. The second kappa shape index (κ2) is 8.46. The quantitative estimate of drug-likeness (QED) is 0.424. The van der Waals surface area contributed by atoms with E-state index >= 15 is 0 Å². The third-order valence-electron chi connectivity index (χ3n) is 5.05. The van der Waals surface area contributed by atoms with E-state index in [1.165, 1.54) is 18.5 Å². The van der Waals surface area contributed by atoms with Gasteiger partial charge in [-0.3, -0.25) is 9.78 Å². The molecule has 0 atom stereocenters. The number of pyridine rings is 1. The Labute approximate surface area is 187 Å². The number of hydrogen-bond donors (Lipinski definition) is 2. The fourth-order valence-electron chi connectivity index (χ4n) is 3.43. The third-order valence-corrected chi connectivity index (χ3v) is 5.05. The monoisotopic (exact) mass is 440 g/mol. The molecule has 0 fully saturated rings. The van der Waals surface area contributed by atoms with E-state index in [-0.39, 0.29) is 23.9 Å². The van der Waals surface area contributed by atoms with Crippen molar-refractivity contribution in [2.45, 2.75) is 6.54 Å². The first-order valence-electron chi connectivity index (χ1n) is 10.0. The predicted molar refractivity (Wildman–Crippen MR) is 120 cm³/mol. The van der Waals surface area contributed by atoms with E-state index in [2.05, 4.69) is 25.3 Å². The number of benzene rings is 2. The second-order valence-electron chi connectivity index (χ2n) is 7.18. The molecule has 3 N–H and O–H groups in total. The number of carbonyl (C=O) groups excluding carboxylic acids is 1. The lowest BCUT2D eigenvalue weighted by molar-refractivity contribution is 0.0946. The Balaban J connectivity index is 1.57. The minimum atomic E-state index is -0.578.